The van der Waals surface area contributed by atoms with Gasteiger partial charge in [-0.05, 0) is 59.0 Å². The second-order valence-electron chi connectivity index (χ2n) is 6.38. The van der Waals surface area contributed by atoms with Crippen LogP contribution in [0.25, 0.3) is 6.08 Å². The molecule has 0 N–H and O–H groups in total. The number of hydrogen-bond acceptors (Lipinski definition) is 4. The summed E-state index contributed by atoms with van der Waals surface area (Å²) in [6, 6.07) is 20.4. The predicted molar refractivity (Wildman–Crippen MR) is 127 cm³/mol. The highest BCUT2D eigenvalue weighted by Gasteiger charge is 2.25. The smallest absolute Gasteiger partial charge is 0.363 e. The van der Waals surface area contributed by atoms with Crippen LogP contribution < -0.4 is 4.74 Å². The molecule has 1 aliphatic heterocycles. The summed E-state index contributed by atoms with van der Waals surface area (Å²) in [4.78, 5) is 16.7. The fourth-order valence-corrected chi connectivity index (χ4v) is 3.65. The van der Waals surface area contributed by atoms with Crippen molar-refractivity contribution in [1.29, 1.82) is 0 Å². The molecule has 0 saturated heterocycles. The molecule has 0 aliphatic carbocycles. The van der Waals surface area contributed by atoms with Crippen molar-refractivity contribution in [3.05, 3.63) is 103 Å². The molecule has 0 radical (unpaired) electrons. The third-order valence-electron chi connectivity index (χ3n) is 4.34. The van der Waals surface area contributed by atoms with E-state index in [0.717, 1.165) is 14.7 Å². The Hall–Kier alpha value is -2.35. The quantitative estimate of drug-likeness (QED) is 0.207. The maximum atomic E-state index is 12.3. The van der Waals surface area contributed by atoms with E-state index in [0.29, 0.717) is 28.0 Å². The van der Waals surface area contributed by atoms with Crippen molar-refractivity contribution in [1.82, 2.24) is 0 Å². The van der Waals surface area contributed by atoms with Crippen LogP contribution in [-0.2, 0) is 16.1 Å². The number of carbonyl (C=O) groups is 1. The maximum Gasteiger partial charge on any atom is 0.363 e. The molecule has 0 spiro atoms. The van der Waals surface area contributed by atoms with Crippen LogP contribution in [0.4, 0.5) is 0 Å². The summed E-state index contributed by atoms with van der Waals surface area (Å²) < 4.78 is 12.4. The van der Waals surface area contributed by atoms with Crippen LogP contribution in [0, 0.1) is 3.57 Å². The van der Waals surface area contributed by atoms with Gasteiger partial charge in [0.05, 0.1) is 10.0 Å². The lowest BCUT2D eigenvalue weighted by molar-refractivity contribution is -0.129. The molecule has 30 heavy (non-hydrogen) atoms. The highest BCUT2D eigenvalue weighted by molar-refractivity contribution is 14.1. The lowest BCUT2D eigenvalue weighted by atomic mass is 10.1. The van der Waals surface area contributed by atoms with Crippen LogP contribution >= 0.6 is 45.8 Å². The molecule has 4 nitrogen and oxygen atoms in total. The van der Waals surface area contributed by atoms with Gasteiger partial charge in [0.25, 0.3) is 0 Å². The molecule has 1 heterocycles. The predicted octanol–water partition coefficient (Wildman–Crippen LogP) is 6.52. The van der Waals surface area contributed by atoms with E-state index in [1.807, 2.05) is 48.5 Å². The third-order valence-corrected chi connectivity index (χ3v) is 6.13. The zero-order valence-electron chi connectivity index (χ0n) is 15.4. The summed E-state index contributed by atoms with van der Waals surface area (Å²) in [6.07, 6.45) is 1.65. The molecule has 7 heteroatoms. The number of aliphatic imine (C=N–C) groups is 1. The molecule has 0 atom stereocenters. The average Bonchev–Trinajstić information content (AvgIpc) is 3.11. The fourth-order valence-electron chi connectivity index (χ4n) is 2.81. The summed E-state index contributed by atoms with van der Waals surface area (Å²) in [7, 11) is 0. The molecule has 0 saturated carbocycles. The van der Waals surface area contributed by atoms with Gasteiger partial charge in [-0.3, -0.25) is 0 Å². The van der Waals surface area contributed by atoms with E-state index in [-0.39, 0.29) is 11.6 Å². The summed E-state index contributed by atoms with van der Waals surface area (Å²) >= 11 is 14.3. The van der Waals surface area contributed by atoms with E-state index >= 15 is 0 Å². The van der Waals surface area contributed by atoms with Gasteiger partial charge in [-0.2, -0.15) is 0 Å². The van der Waals surface area contributed by atoms with Crippen LogP contribution in [0.3, 0.4) is 0 Å². The number of esters is 1. The second kappa shape index (κ2) is 9.20. The minimum absolute atomic E-state index is 0.182. The molecule has 3 aromatic rings. The van der Waals surface area contributed by atoms with Gasteiger partial charge >= 0.3 is 5.97 Å². The van der Waals surface area contributed by atoms with Crippen molar-refractivity contribution < 1.29 is 14.3 Å². The number of hydrogen-bond donors (Lipinski definition) is 0. The number of rotatable bonds is 5. The molecule has 0 unspecified atom stereocenters. The molecule has 4 rings (SSSR count). The largest absolute Gasteiger partial charge is 0.488 e. The Morgan fingerprint density at radius 3 is 2.57 bits per heavy atom. The fraction of sp³-hybridized carbons (Fsp3) is 0.0435. The van der Waals surface area contributed by atoms with Crippen molar-refractivity contribution in [3.63, 3.8) is 0 Å². The first-order chi connectivity index (χ1) is 14.5. The Morgan fingerprint density at radius 2 is 1.77 bits per heavy atom. The average molecular weight is 550 g/mol. The zero-order valence-corrected chi connectivity index (χ0v) is 19.1. The SMILES string of the molecule is O=C1OC(c2ccc(Cl)c(Cl)c2)=N/C1=C\c1ccccc1OCc1ccccc1I. The number of nitrogens with zero attached hydrogens (tertiary/aromatic N) is 1. The van der Waals surface area contributed by atoms with E-state index in [4.69, 9.17) is 32.7 Å². The van der Waals surface area contributed by atoms with Gasteiger partial charge in [0.2, 0.25) is 5.90 Å². The second-order valence-corrected chi connectivity index (χ2v) is 8.36. The summed E-state index contributed by atoms with van der Waals surface area (Å²) in [5, 5.41) is 0.778. The van der Waals surface area contributed by atoms with E-state index in [1.54, 1.807) is 24.3 Å². The first-order valence-corrected chi connectivity index (χ1v) is 10.8. The van der Waals surface area contributed by atoms with E-state index in [9.17, 15) is 4.79 Å². The van der Waals surface area contributed by atoms with Crippen LogP contribution in [0.15, 0.2) is 77.4 Å². The Bertz CT molecular complexity index is 1190. The molecule has 0 aromatic heterocycles. The first-order valence-electron chi connectivity index (χ1n) is 8.94. The standard InChI is InChI=1S/C23H14Cl2INO3/c24-17-10-9-15(11-18(17)25)22-27-20(23(28)30-22)12-14-5-2-4-8-21(14)29-13-16-6-1-3-7-19(16)26/h1-12H,13H2/b20-12-. The molecule has 0 bridgehead atoms. The van der Waals surface area contributed by atoms with Crippen molar-refractivity contribution in [2.45, 2.75) is 6.61 Å². The van der Waals surface area contributed by atoms with Crippen molar-refractivity contribution in [3.8, 4) is 5.75 Å². The lowest BCUT2D eigenvalue weighted by Gasteiger charge is -2.10. The number of cyclic esters (lactones) is 1. The van der Waals surface area contributed by atoms with Gasteiger partial charge in [0.15, 0.2) is 5.70 Å². The normalized spacial score (nSPS) is 14.6. The van der Waals surface area contributed by atoms with Crippen LogP contribution in [-0.4, -0.2) is 11.9 Å². The van der Waals surface area contributed by atoms with Crippen molar-refractivity contribution >= 4 is 63.7 Å². The molecule has 3 aromatic carbocycles. The maximum absolute atomic E-state index is 12.3. The molecule has 0 fully saturated rings. The third kappa shape index (κ3) is 4.69. The van der Waals surface area contributed by atoms with Crippen LogP contribution in [0.5, 0.6) is 5.75 Å². The van der Waals surface area contributed by atoms with E-state index in [2.05, 4.69) is 27.6 Å². The monoisotopic (exact) mass is 549 g/mol. The number of carbonyl (C=O) groups excluding carboxylic acids is 1. The number of halogens is 3. The highest BCUT2D eigenvalue weighted by Crippen LogP contribution is 2.28. The zero-order chi connectivity index (χ0) is 21.1. The molecular formula is C23H14Cl2INO3. The molecule has 1 aliphatic rings. The number of ether oxygens (including phenoxy) is 2. The summed E-state index contributed by atoms with van der Waals surface area (Å²) in [5.74, 6) is 0.293. The van der Waals surface area contributed by atoms with Crippen molar-refractivity contribution in [2.24, 2.45) is 4.99 Å². The summed E-state index contributed by atoms with van der Waals surface area (Å²) in [5.41, 5.74) is 2.57. The van der Waals surface area contributed by atoms with Gasteiger partial charge < -0.3 is 9.47 Å². The molecule has 150 valence electrons. The van der Waals surface area contributed by atoms with Gasteiger partial charge in [-0.15, -0.1) is 0 Å². The highest BCUT2D eigenvalue weighted by atomic mass is 127. The van der Waals surface area contributed by atoms with Crippen LogP contribution in [0.1, 0.15) is 16.7 Å². The van der Waals surface area contributed by atoms with Crippen LogP contribution in [0.2, 0.25) is 10.0 Å². The minimum Gasteiger partial charge on any atom is -0.488 e. The lowest BCUT2D eigenvalue weighted by Crippen LogP contribution is -2.05. The molecular weight excluding hydrogens is 536 g/mol. The van der Waals surface area contributed by atoms with E-state index < -0.39 is 5.97 Å². The number of para-hydroxylation sites is 1. The number of benzene rings is 3. The topological polar surface area (TPSA) is 47.9 Å². The summed E-state index contributed by atoms with van der Waals surface area (Å²) in [6.45, 7) is 0.418. The first kappa shape index (κ1) is 20.9. The molecule has 0 amide bonds. The van der Waals surface area contributed by atoms with Gasteiger partial charge in [-0.1, -0.05) is 59.6 Å². The Labute approximate surface area is 197 Å². The van der Waals surface area contributed by atoms with Crippen molar-refractivity contribution in [2.75, 3.05) is 0 Å². The van der Waals surface area contributed by atoms with Gasteiger partial charge in [-0.25, -0.2) is 9.79 Å². The Kier molecular flexibility index (Phi) is 6.41. The van der Waals surface area contributed by atoms with Gasteiger partial charge in [0.1, 0.15) is 12.4 Å². The van der Waals surface area contributed by atoms with Gasteiger partial charge in [0, 0.05) is 20.3 Å². The Morgan fingerprint density at radius 1 is 1.00 bits per heavy atom. The Balaban J connectivity index is 1.60. The minimum atomic E-state index is -0.538. The van der Waals surface area contributed by atoms with E-state index in [1.165, 1.54) is 0 Å².